The first kappa shape index (κ1) is 13.3. The van der Waals surface area contributed by atoms with E-state index in [1.54, 1.807) is 12.4 Å². The number of anilines is 1. The predicted octanol–water partition coefficient (Wildman–Crippen LogP) is 1.06. The molecule has 0 aromatic carbocycles. The molecule has 0 bridgehead atoms. The van der Waals surface area contributed by atoms with Gasteiger partial charge in [-0.3, -0.25) is 9.67 Å². The summed E-state index contributed by atoms with van der Waals surface area (Å²) >= 11 is 0. The first-order chi connectivity index (χ1) is 10.8. The molecule has 0 saturated carbocycles. The van der Waals surface area contributed by atoms with Gasteiger partial charge in [-0.05, 0) is 6.42 Å². The average Bonchev–Trinajstić information content (AvgIpc) is 3.24. The van der Waals surface area contributed by atoms with Crippen LogP contribution in [0.2, 0.25) is 0 Å². The molecule has 3 aromatic heterocycles. The largest absolute Gasteiger partial charge is 0.354 e. The van der Waals surface area contributed by atoms with E-state index in [9.17, 15) is 0 Å². The third-order valence-corrected chi connectivity index (χ3v) is 4.18. The van der Waals surface area contributed by atoms with Crippen LogP contribution in [0.3, 0.4) is 0 Å². The van der Waals surface area contributed by atoms with Crippen LogP contribution in [0, 0.1) is 0 Å². The predicted molar refractivity (Wildman–Crippen MR) is 84.6 cm³/mol. The van der Waals surface area contributed by atoms with Gasteiger partial charge in [0.1, 0.15) is 5.52 Å². The first-order valence-electron chi connectivity index (χ1n) is 7.54. The number of hydrogen-bond acceptors (Lipinski definition) is 5. The van der Waals surface area contributed by atoms with E-state index in [1.807, 2.05) is 24.1 Å². The number of rotatable bonds is 4. The summed E-state index contributed by atoms with van der Waals surface area (Å²) in [5.74, 6) is 1.06. The van der Waals surface area contributed by atoms with Gasteiger partial charge in [0.25, 0.3) is 0 Å². The van der Waals surface area contributed by atoms with E-state index in [4.69, 9.17) is 0 Å². The molecular formula is C15H19N7. The van der Waals surface area contributed by atoms with Crippen LogP contribution in [0.1, 0.15) is 12.0 Å². The van der Waals surface area contributed by atoms with Crippen molar-refractivity contribution in [3.8, 4) is 0 Å². The lowest BCUT2D eigenvalue weighted by atomic mass is 10.2. The van der Waals surface area contributed by atoms with Crippen LogP contribution in [0.4, 0.5) is 5.82 Å². The number of aromatic nitrogens is 5. The average molecular weight is 297 g/mol. The Bertz CT molecular complexity index is 775. The van der Waals surface area contributed by atoms with E-state index in [-0.39, 0.29) is 0 Å². The standard InChI is InChI=1S/C15H19N7/c1-21-6-3-13(20-21)22-7-2-12(10-22)18-8-11-9-19-15-14(11)16-4-5-17-15/h3-6,9,12,18H,2,7-8,10H2,1H3,(H,17,19). The minimum Gasteiger partial charge on any atom is -0.354 e. The fourth-order valence-electron chi connectivity index (χ4n) is 3.00. The highest BCUT2D eigenvalue weighted by Crippen LogP contribution is 2.19. The van der Waals surface area contributed by atoms with Crippen LogP contribution in [-0.2, 0) is 13.6 Å². The minimum absolute atomic E-state index is 0.476. The summed E-state index contributed by atoms with van der Waals surface area (Å²) < 4.78 is 1.85. The molecule has 0 spiro atoms. The van der Waals surface area contributed by atoms with Crippen molar-refractivity contribution >= 4 is 17.0 Å². The second-order valence-electron chi connectivity index (χ2n) is 5.73. The normalized spacial score (nSPS) is 18.4. The zero-order chi connectivity index (χ0) is 14.9. The van der Waals surface area contributed by atoms with Crippen molar-refractivity contribution in [3.05, 3.63) is 36.4 Å². The van der Waals surface area contributed by atoms with Crippen LogP contribution in [0.5, 0.6) is 0 Å². The molecule has 7 nitrogen and oxygen atoms in total. The Balaban J connectivity index is 1.39. The highest BCUT2D eigenvalue weighted by Gasteiger charge is 2.23. The number of fused-ring (bicyclic) bond motifs is 1. The lowest BCUT2D eigenvalue weighted by Crippen LogP contribution is -2.32. The molecule has 1 unspecified atom stereocenters. The summed E-state index contributed by atoms with van der Waals surface area (Å²) in [6.45, 7) is 2.84. The molecule has 22 heavy (non-hydrogen) atoms. The van der Waals surface area contributed by atoms with Crippen molar-refractivity contribution in [2.45, 2.75) is 19.0 Å². The first-order valence-corrected chi connectivity index (χ1v) is 7.54. The van der Waals surface area contributed by atoms with Crippen LogP contribution in [-0.4, -0.2) is 43.9 Å². The topological polar surface area (TPSA) is 74.7 Å². The fraction of sp³-hybridized carbons (Fsp3) is 0.400. The number of nitrogens with one attached hydrogen (secondary N) is 2. The van der Waals surface area contributed by atoms with E-state index in [1.165, 1.54) is 5.56 Å². The molecule has 0 amide bonds. The molecule has 114 valence electrons. The molecular weight excluding hydrogens is 278 g/mol. The third kappa shape index (κ3) is 2.43. The van der Waals surface area contributed by atoms with E-state index in [2.05, 4.69) is 36.3 Å². The molecule has 1 atom stereocenters. The zero-order valence-electron chi connectivity index (χ0n) is 12.5. The maximum atomic E-state index is 4.47. The maximum absolute atomic E-state index is 4.47. The Morgan fingerprint density at radius 1 is 1.36 bits per heavy atom. The lowest BCUT2D eigenvalue weighted by molar-refractivity contribution is 0.552. The number of nitrogens with zero attached hydrogens (tertiary/aromatic N) is 5. The van der Waals surface area contributed by atoms with Crippen LogP contribution in [0.25, 0.3) is 11.2 Å². The Morgan fingerprint density at radius 3 is 3.14 bits per heavy atom. The third-order valence-electron chi connectivity index (χ3n) is 4.18. The highest BCUT2D eigenvalue weighted by atomic mass is 15.3. The summed E-state index contributed by atoms with van der Waals surface area (Å²) in [6.07, 6.45) is 8.55. The van der Waals surface area contributed by atoms with E-state index in [0.29, 0.717) is 6.04 Å². The second-order valence-corrected chi connectivity index (χ2v) is 5.73. The molecule has 4 rings (SSSR count). The van der Waals surface area contributed by atoms with Gasteiger partial charge in [0.2, 0.25) is 0 Å². The molecule has 3 aromatic rings. The van der Waals surface area contributed by atoms with Gasteiger partial charge in [-0.1, -0.05) is 0 Å². The van der Waals surface area contributed by atoms with Crippen molar-refractivity contribution in [2.75, 3.05) is 18.0 Å². The van der Waals surface area contributed by atoms with Gasteiger partial charge in [-0.2, -0.15) is 5.10 Å². The van der Waals surface area contributed by atoms with E-state index < -0.39 is 0 Å². The molecule has 0 aliphatic carbocycles. The quantitative estimate of drug-likeness (QED) is 0.753. The molecule has 1 saturated heterocycles. The van der Waals surface area contributed by atoms with Gasteiger partial charge >= 0.3 is 0 Å². The van der Waals surface area contributed by atoms with Crippen molar-refractivity contribution in [2.24, 2.45) is 7.05 Å². The number of aromatic amines is 1. The lowest BCUT2D eigenvalue weighted by Gasteiger charge is -2.16. The Morgan fingerprint density at radius 2 is 2.27 bits per heavy atom. The van der Waals surface area contributed by atoms with Crippen molar-refractivity contribution in [1.82, 2.24) is 30.0 Å². The monoisotopic (exact) mass is 297 g/mol. The van der Waals surface area contributed by atoms with Gasteiger partial charge in [0.05, 0.1) is 0 Å². The fourth-order valence-corrected chi connectivity index (χ4v) is 3.00. The summed E-state index contributed by atoms with van der Waals surface area (Å²) in [7, 11) is 1.95. The summed E-state index contributed by atoms with van der Waals surface area (Å²) in [6, 6.07) is 2.54. The van der Waals surface area contributed by atoms with Crippen LogP contribution in [0.15, 0.2) is 30.9 Å². The van der Waals surface area contributed by atoms with Crippen molar-refractivity contribution < 1.29 is 0 Å². The number of hydrogen-bond donors (Lipinski definition) is 2. The van der Waals surface area contributed by atoms with E-state index >= 15 is 0 Å². The number of aryl methyl sites for hydroxylation is 1. The molecule has 4 heterocycles. The van der Waals surface area contributed by atoms with Gasteiger partial charge in [-0.15, -0.1) is 0 Å². The summed E-state index contributed by atoms with van der Waals surface area (Å²) in [5.41, 5.74) is 2.97. The highest BCUT2D eigenvalue weighted by molar-refractivity contribution is 5.74. The smallest absolute Gasteiger partial charge is 0.156 e. The molecule has 1 aliphatic heterocycles. The molecule has 1 fully saturated rings. The SMILES string of the molecule is Cn1ccc(N2CCC(NCc3c[nH]c4nccnc34)C2)n1. The zero-order valence-corrected chi connectivity index (χ0v) is 12.5. The number of H-pyrrole nitrogens is 1. The second kappa shape index (κ2) is 5.42. The molecule has 2 N–H and O–H groups in total. The van der Waals surface area contributed by atoms with Crippen molar-refractivity contribution in [3.63, 3.8) is 0 Å². The molecule has 1 aliphatic rings. The van der Waals surface area contributed by atoms with Crippen LogP contribution < -0.4 is 10.2 Å². The molecule has 0 radical (unpaired) electrons. The van der Waals surface area contributed by atoms with E-state index in [0.717, 1.165) is 43.0 Å². The summed E-state index contributed by atoms with van der Waals surface area (Å²) in [5, 5.41) is 8.09. The Labute approximate surface area is 128 Å². The summed E-state index contributed by atoms with van der Waals surface area (Å²) in [4.78, 5) is 14.2. The minimum atomic E-state index is 0.476. The van der Waals surface area contributed by atoms with Gasteiger partial charge in [0.15, 0.2) is 11.5 Å². The molecule has 7 heteroatoms. The van der Waals surface area contributed by atoms with Crippen molar-refractivity contribution in [1.29, 1.82) is 0 Å². The van der Waals surface area contributed by atoms with Gasteiger partial charge < -0.3 is 15.2 Å². The Kier molecular flexibility index (Phi) is 3.27. The van der Waals surface area contributed by atoms with Gasteiger partial charge in [0, 0.05) is 69.1 Å². The maximum Gasteiger partial charge on any atom is 0.156 e. The Hall–Kier alpha value is -2.41. The van der Waals surface area contributed by atoms with Crippen LogP contribution >= 0.6 is 0 Å². The van der Waals surface area contributed by atoms with Gasteiger partial charge in [-0.25, -0.2) is 4.98 Å².